The van der Waals surface area contributed by atoms with Crippen molar-refractivity contribution in [3.8, 4) is 0 Å². The fourth-order valence-corrected chi connectivity index (χ4v) is 9.18. The number of rotatable bonds is 14. The molecule has 2 rings (SSSR count). The van der Waals surface area contributed by atoms with Gasteiger partial charge in [0, 0.05) is 23.8 Å². The van der Waals surface area contributed by atoms with Crippen molar-refractivity contribution in [3.05, 3.63) is 80.1 Å². The van der Waals surface area contributed by atoms with E-state index in [1.165, 1.54) is 0 Å². The normalized spacial score (nSPS) is 13.5. The molecule has 0 saturated heterocycles. The van der Waals surface area contributed by atoms with Crippen LogP contribution in [0.1, 0.15) is 108 Å². The Bertz CT molecular complexity index is 1210. The third kappa shape index (κ3) is 18.4. The molecule has 8 nitrogen and oxygen atoms in total. The Labute approximate surface area is 389 Å². The Balaban J connectivity index is -0.000000451. The van der Waals surface area contributed by atoms with Gasteiger partial charge in [-0.15, -0.1) is 26.2 Å². The zero-order valence-corrected chi connectivity index (χ0v) is 48.9. The van der Waals surface area contributed by atoms with Crippen LogP contribution in [0.25, 0.3) is 19.9 Å². The van der Waals surface area contributed by atoms with Gasteiger partial charge in [0.05, 0.1) is 0 Å². The van der Waals surface area contributed by atoms with Crippen LogP contribution < -0.4 is 0 Å². The van der Waals surface area contributed by atoms with E-state index in [2.05, 4.69) is 184 Å². The maximum atomic E-state index is 5.29. The minimum Gasteiger partial charge on any atom is -2.00 e. The van der Waals surface area contributed by atoms with E-state index in [-0.39, 0.29) is 94.3 Å². The standard InChI is InChI=1S/2C21H41N3Si2.2O.2Zr/c2*1-19(2,3)25(8,9)23-16-21(7,18-14-12-13-15-22-18)17-24-26(10,11)20(4,5)6;;;;/h2*12-15H,16-17H2,1-11H3;;;;/q4*-2;2*+4. The molecule has 2 aromatic heterocycles. The summed E-state index contributed by atoms with van der Waals surface area (Å²) >= 11 is 0. The van der Waals surface area contributed by atoms with Gasteiger partial charge in [-0.25, -0.2) is 0 Å². The van der Waals surface area contributed by atoms with Crippen molar-refractivity contribution in [2.24, 2.45) is 0 Å². The monoisotopic (exact) mass is 994 g/mol. The van der Waals surface area contributed by atoms with E-state index in [0.29, 0.717) is 0 Å². The minimum absolute atomic E-state index is 0. The van der Waals surface area contributed by atoms with E-state index >= 15 is 0 Å². The molecule has 56 heavy (non-hydrogen) atoms. The Morgan fingerprint density at radius 1 is 0.393 bits per heavy atom. The van der Waals surface area contributed by atoms with E-state index in [0.717, 1.165) is 37.6 Å². The fourth-order valence-electron chi connectivity index (χ4n) is 4.30. The molecular weight excluding hydrogens is 915 g/mol. The van der Waals surface area contributed by atoms with Crippen LogP contribution in [-0.2, 0) is 74.2 Å². The van der Waals surface area contributed by atoms with Gasteiger partial charge >= 0.3 is 52.4 Å². The van der Waals surface area contributed by atoms with Gasteiger partial charge in [-0.1, -0.05) is 215 Å². The maximum Gasteiger partial charge on any atom is 4.00 e. The molecule has 0 bridgehead atoms. The third-order valence-corrected chi connectivity index (χ3v) is 31.7. The van der Waals surface area contributed by atoms with Gasteiger partial charge in [0.25, 0.3) is 0 Å². The topological polar surface area (TPSA) is 139 Å². The molecule has 14 heteroatoms. The van der Waals surface area contributed by atoms with Gasteiger partial charge in [0.1, 0.15) is 0 Å². The summed E-state index contributed by atoms with van der Waals surface area (Å²) in [6, 6.07) is 12.4. The van der Waals surface area contributed by atoms with Gasteiger partial charge in [0.2, 0.25) is 0 Å². The maximum absolute atomic E-state index is 5.29. The summed E-state index contributed by atoms with van der Waals surface area (Å²) in [7, 11) is -6.77. The van der Waals surface area contributed by atoms with Crippen LogP contribution >= 0.6 is 0 Å². The van der Waals surface area contributed by atoms with Gasteiger partial charge < -0.3 is 30.9 Å². The molecule has 0 unspecified atom stereocenters. The molecule has 0 aromatic carbocycles. The first kappa shape index (κ1) is 63.3. The summed E-state index contributed by atoms with van der Waals surface area (Å²) in [6.07, 6.45) is 3.79. The van der Waals surface area contributed by atoms with Crippen molar-refractivity contribution in [2.45, 2.75) is 180 Å². The SMILES string of the molecule is CC(C[N-][Si](C)(C)C(C)(C)C)(C[N-][Si](C)(C)C(C)(C)C)c1ccccn1.CC(C[N-][Si](C)(C)C(C)(C)C)(C[N-][Si](C)(C)C(C)(C)C)c1ccccn1.[O-2].[O-2].[Zr+4].[Zr+4]. The number of nitrogens with zero attached hydrogens (tertiary/aromatic N) is 6. The van der Waals surface area contributed by atoms with E-state index in [1.54, 1.807) is 0 Å². The summed E-state index contributed by atoms with van der Waals surface area (Å²) in [5.74, 6) is 0. The van der Waals surface area contributed by atoms with Crippen LogP contribution in [0.3, 0.4) is 0 Å². The second-order valence-electron chi connectivity index (χ2n) is 22.1. The zero-order chi connectivity index (χ0) is 40.9. The molecule has 0 spiro atoms. The minimum atomic E-state index is -1.69. The first-order chi connectivity index (χ1) is 23.0. The molecular formula is C42H82N6O2Si4Zr2. The summed E-state index contributed by atoms with van der Waals surface area (Å²) in [4.78, 5) is 30.5. The van der Waals surface area contributed by atoms with Crippen LogP contribution in [0, 0.1) is 0 Å². The molecule has 0 aliphatic heterocycles. The Hall–Kier alpha value is 0.694. The van der Waals surface area contributed by atoms with Crippen LogP contribution in [0.2, 0.25) is 72.5 Å². The van der Waals surface area contributed by atoms with Crippen LogP contribution in [0.4, 0.5) is 0 Å². The van der Waals surface area contributed by atoms with Gasteiger partial charge in [-0.3, -0.25) is 9.97 Å². The first-order valence-electron chi connectivity index (χ1n) is 19.6. The zero-order valence-electron chi connectivity index (χ0n) is 39.9. The molecule has 0 aliphatic carbocycles. The Morgan fingerprint density at radius 3 is 0.732 bits per heavy atom. The van der Waals surface area contributed by atoms with Gasteiger partial charge in [0.15, 0.2) is 0 Å². The van der Waals surface area contributed by atoms with Crippen molar-refractivity contribution in [3.63, 3.8) is 0 Å². The molecule has 316 valence electrons. The summed E-state index contributed by atoms with van der Waals surface area (Å²) in [5.41, 5.74) is 1.97. The first-order valence-corrected chi connectivity index (χ1v) is 31.4. The second kappa shape index (κ2) is 23.2. The molecule has 0 fully saturated rings. The van der Waals surface area contributed by atoms with Gasteiger partial charge in [-0.2, -0.15) is 0 Å². The molecule has 0 N–H and O–H groups in total. The average molecular weight is 998 g/mol. The number of aromatic nitrogens is 2. The number of hydrogen-bond donors (Lipinski definition) is 0. The smallest absolute Gasteiger partial charge is 2.00 e. The van der Waals surface area contributed by atoms with Crippen LogP contribution in [0.15, 0.2) is 48.8 Å². The van der Waals surface area contributed by atoms with Crippen molar-refractivity contribution in [2.75, 3.05) is 26.2 Å². The van der Waals surface area contributed by atoms with Crippen LogP contribution in [0.5, 0.6) is 0 Å². The molecule has 0 radical (unpaired) electrons. The van der Waals surface area contributed by atoms with Gasteiger partial charge in [-0.05, 0) is 35.1 Å². The fraction of sp³-hybridized carbons (Fsp3) is 0.762. The van der Waals surface area contributed by atoms with E-state index in [4.69, 9.17) is 19.9 Å². The Morgan fingerprint density at radius 2 is 0.589 bits per heavy atom. The molecule has 2 aromatic rings. The largest absolute Gasteiger partial charge is 4.00 e. The van der Waals surface area contributed by atoms with E-state index < -0.39 is 32.9 Å². The molecule has 2 heterocycles. The van der Waals surface area contributed by atoms with Crippen molar-refractivity contribution in [1.82, 2.24) is 9.97 Å². The van der Waals surface area contributed by atoms with Crippen molar-refractivity contribution >= 4 is 32.9 Å². The van der Waals surface area contributed by atoms with Crippen molar-refractivity contribution < 1.29 is 63.4 Å². The number of pyridine rings is 2. The number of hydrogen-bond acceptors (Lipinski definition) is 2. The molecule has 0 atom stereocenters. The summed E-state index contributed by atoms with van der Waals surface area (Å²) < 4.78 is 0. The third-order valence-electron chi connectivity index (χ3n) is 13.2. The van der Waals surface area contributed by atoms with E-state index in [1.807, 2.05) is 24.5 Å². The second-order valence-corrected chi connectivity index (χ2v) is 41.8. The summed E-state index contributed by atoms with van der Waals surface area (Å²) in [6.45, 7) is 54.6. The quantitative estimate of drug-likeness (QED) is 0.174. The predicted molar refractivity (Wildman–Crippen MR) is 246 cm³/mol. The van der Waals surface area contributed by atoms with Crippen LogP contribution in [-0.4, -0.2) is 69.1 Å². The predicted octanol–water partition coefficient (Wildman–Crippen LogP) is 14.0. The Kier molecular flexibility index (Phi) is 26.3. The van der Waals surface area contributed by atoms with Crippen molar-refractivity contribution in [1.29, 1.82) is 0 Å². The summed E-state index contributed by atoms with van der Waals surface area (Å²) in [5, 5.41) is 1.03. The molecule has 0 saturated carbocycles. The average Bonchev–Trinajstić information content (AvgIpc) is 3.00. The molecule has 0 aliphatic rings. The molecule has 0 amide bonds. The van der Waals surface area contributed by atoms with E-state index in [9.17, 15) is 0 Å².